The van der Waals surface area contributed by atoms with Gasteiger partial charge in [0.25, 0.3) is 0 Å². The lowest BCUT2D eigenvalue weighted by Gasteiger charge is -2.00. The number of hydrogen-bond donors (Lipinski definition) is 1. The summed E-state index contributed by atoms with van der Waals surface area (Å²) < 4.78 is 4.75. The molecule has 0 aliphatic heterocycles. The van der Waals surface area contributed by atoms with Crippen LogP contribution < -0.4 is 0 Å². The van der Waals surface area contributed by atoms with Crippen LogP contribution in [0.4, 0.5) is 0 Å². The van der Waals surface area contributed by atoms with E-state index in [0.717, 1.165) is 5.56 Å². The number of aromatic nitrogens is 1. The minimum Gasteiger partial charge on any atom is -0.475 e. The minimum absolute atomic E-state index is 0.128. The highest BCUT2D eigenvalue weighted by Crippen LogP contribution is 2.40. The van der Waals surface area contributed by atoms with Gasteiger partial charge in [-0.25, -0.2) is 4.79 Å². The second-order valence-corrected chi connectivity index (χ2v) is 4.28. The molecule has 4 nitrogen and oxygen atoms in total. The zero-order valence-corrected chi connectivity index (χ0v) is 9.09. The fourth-order valence-electron chi connectivity index (χ4n) is 1.88. The van der Waals surface area contributed by atoms with Crippen LogP contribution in [0.2, 0.25) is 0 Å². The van der Waals surface area contributed by atoms with Crippen molar-refractivity contribution >= 4 is 5.97 Å². The standard InChI is InChI=1S/C13H11NO3/c15-13(16)12-7-11(14-17-12)10-3-1-2-9(6-10)8-4-5-8/h1-3,6-8H,4-5H2,(H,15,16). The largest absolute Gasteiger partial charge is 0.475 e. The third kappa shape index (κ3) is 1.93. The van der Waals surface area contributed by atoms with E-state index in [1.54, 1.807) is 0 Å². The number of rotatable bonds is 3. The van der Waals surface area contributed by atoms with Gasteiger partial charge in [0.1, 0.15) is 5.69 Å². The molecular weight excluding hydrogens is 218 g/mol. The van der Waals surface area contributed by atoms with Crippen LogP contribution in [0.1, 0.15) is 34.9 Å². The van der Waals surface area contributed by atoms with Crippen LogP contribution >= 0.6 is 0 Å². The maximum atomic E-state index is 10.7. The molecule has 1 saturated carbocycles. The molecular formula is C13H11NO3. The molecule has 1 heterocycles. The highest BCUT2D eigenvalue weighted by atomic mass is 16.5. The maximum absolute atomic E-state index is 10.7. The molecule has 1 fully saturated rings. The minimum atomic E-state index is -1.10. The molecule has 1 aromatic carbocycles. The van der Waals surface area contributed by atoms with E-state index in [2.05, 4.69) is 17.3 Å². The molecule has 1 aromatic heterocycles. The number of benzene rings is 1. The fourth-order valence-corrected chi connectivity index (χ4v) is 1.88. The van der Waals surface area contributed by atoms with Gasteiger partial charge in [-0.1, -0.05) is 23.4 Å². The molecule has 86 valence electrons. The first-order valence-electron chi connectivity index (χ1n) is 5.54. The summed E-state index contributed by atoms with van der Waals surface area (Å²) in [5.41, 5.74) is 2.78. The summed E-state index contributed by atoms with van der Waals surface area (Å²) in [5.74, 6) is -0.556. The molecule has 1 N–H and O–H groups in total. The first-order chi connectivity index (χ1) is 8.24. The van der Waals surface area contributed by atoms with E-state index >= 15 is 0 Å². The molecule has 0 unspecified atom stereocenters. The van der Waals surface area contributed by atoms with Gasteiger partial charge >= 0.3 is 5.97 Å². The van der Waals surface area contributed by atoms with Gasteiger partial charge in [-0.15, -0.1) is 0 Å². The summed E-state index contributed by atoms with van der Waals surface area (Å²) in [6.07, 6.45) is 2.48. The van der Waals surface area contributed by atoms with E-state index in [4.69, 9.17) is 9.63 Å². The van der Waals surface area contributed by atoms with Crippen molar-refractivity contribution in [2.45, 2.75) is 18.8 Å². The van der Waals surface area contributed by atoms with E-state index in [0.29, 0.717) is 11.6 Å². The van der Waals surface area contributed by atoms with E-state index in [9.17, 15) is 4.79 Å². The second-order valence-electron chi connectivity index (χ2n) is 4.28. The molecule has 0 amide bonds. The normalized spacial score (nSPS) is 14.8. The van der Waals surface area contributed by atoms with E-state index in [1.807, 2.05) is 12.1 Å². The van der Waals surface area contributed by atoms with Gasteiger partial charge in [0, 0.05) is 11.6 Å². The monoisotopic (exact) mass is 229 g/mol. The zero-order chi connectivity index (χ0) is 11.8. The lowest BCUT2D eigenvalue weighted by Crippen LogP contribution is -1.91. The van der Waals surface area contributed by atoms with Gasteiger partial charge in [-0.2, -0.15) is 0 Å². The Morgan fingerprint density at radius 3 is 2.82 bits per heavy atom. The molecule has 1 aliphatic carbocycles. The van der Waals surface area contributed by atoms with E-state index in [1.165, 1.54) is 24.5 Å². The van der Waals surface area contributed by atoms with Crippen molar-refractivity contribution in [1.29, 1.82) is 0 Å². The number of carboxylic acids is 1. The van der Waals surface area contributed by atoms with Crippen LogP contribution in [0.25, 0.3) is 11.3 Å². The van der Waals surface area contributed by atoms with Crippen LogP contribution in [-0.4, -0.2) is 16.2 Å². The van der Waals surface area contributed by atoms with Crippen molar-refractivity contribution in [3.8, 4) is 11.3 Å². The van der Waals surface area contributed by atoms with Crippen molar-refractivity contribution in [2.75, 3.05) is 0 Å². The summed E-state index contributed by atoms with van der Waals surface area (Å²) >= 11 is 0. The van der Waals surface area contributed by atoms with Crippen molar-refractivity contribution < 1.29 is 14.4 Å². The second kappa shape index (κ2) is 3.73. The molecule has 0 saturated heterocycles. The van der Waals surface area contributed by atoms with E-state index < -0.39 is 5.97 Å². The van der Waals surface area contributed by atoms with Gasteiger partial charge in [0.15, 0.2) is 0 Å². The number of carbonyl (C=O) groups is 1. The van der Waals surface area contributed by atoms with E-state index in [-0.39, 0.29) is 5.76 Å². The molecule has 0 atom stereocenters. The van der Waals surface area contributed by atoms with Crippen LogP contribution in [0, 0.1) is 0 Å². The third-order valence-electron chi connectivity index (χ3n) is 2.95. The summed E-state index contributed by atoms with van der Waals surface area (Å²) in [6, 6.07) is 9.49. The van der Waals surface area contributed by atoms with Crippen LogP contribution in [0.15, 0.2) is 34.9 Å². The van der Waals surface area contributed by atoms with Crippen LogP contribution in [0.5, 0.6) is 0 Å². The lowest BCUT2D eigenvalue weighted by molar-refractivity contribution is 0.0652. The molecule has 17 heavy (non-hydrogen) atoms. The highest BCUT2D eigenvalue weighted by molar-refractivity contribution is 5.85. The van der Waals surface area contributed by atoms with Crippen LogP contribution in [-0.2, 0) is 0 Å². The third-order valence-corrected chi connectivity index (χ3v) is 2.95. The fraction of sp³-hybridized carbons (Fsp3) is 0.231. The lowest BCUT2D eigenvalue weighted by atomic mass is 10.1. The molecule has 0 bridgehead atoms. The number of carboxylic acid groups (broad SMARTS) is 1. The molecule has 1 aliphatic rings. The predicted molar refractivity (Wildman–Crippen MR) is 60.9 cm³/mol. The van der Waals surface area contributed by atoms with Crippen molar-refractivity contribution in [1.82, 2.24) is 5.16 Å². The summed E-state index contributed by atoms with van der Waals surface area (Å²) in [4.78, 5) is 10.7. The molecule has 0 spiro atoms. The number of aromatic carboxylic acids is 1. The SMILES string of the molecule is O=C(O)c1cc(-c2cccc(C3CC3)c2)no1. The van der Waals surface area contributed by atoms with Gasteiger partial charge in [0.2, 0.25) is 5.76 Å². The van der Waals surface area contributed by atoms with Gasteiger partial charge in [-0.3, -0.25) is 0 Å². The summed E-state index contributed by atoms with van der Waals surface area (Å²) in [5, 5.41) is 12.5. The van der Waals surface area contributed by atoms with Crippen molar-refractivity contribution in [3.05, 3.63) is 41.7 Å². The van der Waals surface area contributed by atoms with Gasteiger partial charge in [-0.05, 0) is 30.4 Å². The quantitative estimate of drug-likeness (QED) is 0.878. The zero-order valence-electron chi connectivity index (χ0n) is 9.09. The van der Waals surface area contributed by atoms with Gasteiger partial charge in [0.05, 0.1) is 0 Å². The Labute approximate surface area is 97.9 Å². The molecule has 2 aromatic rings. The summed E-state index contributed by atoms with van der Waals surface area (Å²) in [7, 11) is 0. The number of hydrogen-bond acceptors (Lipinski definition) is 3. The Kier molecular flexibility index (Phi) is 2.21. The Morgan fingerprint density at radius 2 is 2.18 bits per heavy atom. The first kappa shape index (κ1) is 10.1. The Balaban J connectivity index is 1.96. The average molecular weight is 229 g/mol. The Hall–Kier alpha value is -2.10. The predicted octanol–water partition coefficient (Wildman–Crippen LogP) is 2.92. The molecule has 4 heteroatoms. The molecule has 0 radical (unpaired) electrons. The number of nitrogens with zero attached hydrogens (tertiary/aromatic N) is 1. The molecule has 3 rings (SSSR count). The van der Waals surface area contributed by atoms with Gasteiger partial charge < -0.3 is 9.63 Å². The first-order valence-corrected chi connectivity index (χ1v) is 5.54. The maximum Gasteiger partial charge on any atom is 0.374 e. The highest BCUT2D eigenvalue weighted by Gasteiger charge is 2.23. The van der Waals surface area contributed by atoms with Crippen LogP contribution in [0.3, 0.4) is 0 Å². The van der Waals surface area contributed by atoms with Crippen molar-refractivity contribution in [3.63, 3.8) is 0 Å². The average Bonchev–Trinajstić information content (AvgIpc) is 3.06. The smallest absolute Gasteiger partial charge is 0.374 e. The topological polar surface area (TPSA) is 63.3 Å². The van der Waals surface area contributed by atoms with Crippen molar-refractivity contribution in [2.24, 2.45) is 0 Å². The summed E-state index contributed by atoms with van der Waals surface area (Å²) in [6.45, 7) is 0. The Bertz CT molecular complexity index is 570. The Morgan fingerprint density at radius 1 is 1.35 bits per heavy atom.